The minimum Gasteiger partial charge on any atom is -0.455 e. The number of halogens is 1. The summed E-state index contributed by atoms with van der Waals surface area (Å²) in [6, 6.07) is 4.74. The maximum atomic E-state index is 12.4. The Morgan fingerprint density at radius 1 is 1.36 bits per heavy atom. The summed E-state index contributed by atoms with van der Waals surface area (Å²) in [5.41, 5.74) is 0.775. The van der Waals surface area contributed by atoms with Crippen molar-refractivity contribution < 1.29 is 18.3 Å². The Labute approximate surface area is 133 Å². The summed E-state index contributed by atoms with van der Waals surface area (Å²) in [4.78, 5) is 3.99. The molecule has 0 saturated carbocycles. The first-order chi connectivity index (χ1) is 10.3. The van der Waals surface area contributed by atoms with E-state index in [0.29, 0.717) is 27.6 Å². The van der Waals surface area contributed by atoms with Gasteiger partial charge in [-0.2, -0.15) is 4.31 Å². The second-order valence-electron chi connectivity index (χ2n) is 4.94. The molecule has 1 aromatic heterocycles. The average molecular weight is 341 g/mol. The lowest BCUT2D eigenvalue weighted by Crippen LogP contribution is -2.23. The molecule has 0 aliphatic carbocycles. The van der Waals surface area contributed by atoms with Gasteiger partial charge in [0.2, 0.25) is 10.0 Å². The largest absolute Gasteiger partial charge is 0.455 e. The highest BCUT2D eigenvalue weighted by atomic mass is 35.5. The van der Waals surface area contributed by atoms with Crippen molar-refractivity contribution in [1.29, 1.82) is 0 Å². The summed E-state index contributed by atoms with van der Waals surface area (Å²) in [5.74, 6) is 0.772. The molecule has 0 saturated heterocycles. The Kier molecular flexibility index (Phi) is 3.60. The lowest BCUT2D eigenvalue weighted by Gasteiger charge is -2.11. The van der Waals surface area contributed by atoms with Crippen LogP contribution in [-0.4, -0.2) is 29.9 Å². The van der Waals surface area contributed by atoms with Crippen LogP contribution in [0.5, 0.6) is 11.5 Å². The fourth-order valence-electron chi connectivity index (χ4n) is 2.40. The highest BCUT2D eigenvalue weighted by Crippen LogP contribution is 2.42. The Morgan fingerprint density at radius 3 is 2.77 bits per heavy atom. The van der Waals surface area contributed by atoms with Crippen LogP contribution in [0.4, 0.5) is 0 Å². The van der Waals surface area contributed by atoms with Crippen LogP contribution in [0.3, 0.4) is 0 Å². The molecule has 0 radical (unpaired) electrons. The van der Waals surface area contributed by atoms with E-state index in [4.69, 9.17) is 16.3 Å². The third-order valence-corrected chi connectivity index (χ3v) is 5.78. The van der Waals surface area contributed by atoms with E-state index in [1.54, 1.807) is 25.1 Å². The van der Waals surface area contributed by atoms with Gasteiger partial charge < -0.3 is 9.84 Å². The second kappa shape index (κ2) is 5.20. The number of nitrogens with zero attached hydrogens (tertiary/aromatic N) is 2. The van der Waals surface area contributed by atoms with Gasteiger partial charge in [-0.25, -0.2) is 8.42 Å². The highest BCUT2D eigenvalue weighted by molar-refractivity contribution is 7.89. The lowest BCUT2D eigenvalue weighted by atomic mass is 10.1. The lowest BCUT2D eigenvalue weighted by molar-refractivity contribution is 0.0851. The van der Waals surface area contributed by atoms with Crippen molar-refractivity contribution in [3.05, 3.63) is 46.7 Å². The normalized spacial score (nSPS) is 19.9. The van der Waals surface area contributed by atoms with Crippen LogP contribution in [0.1, 0.15) is 17.4 Å². The molecule has 0 bridgehead atoms. The molecule has 1 N–H and O–H groups in total. The maximum Gasteiger partial charge on any atom is 0.246 e. The van der Waals surface area contributed by atoms with Crippen molar-refractivity contribution in [1.82, 2.24) is 9.29 Å². The third kappa shape index (κ3) is 2.26. The summed E-state index contributed by atoms with van der Waals surface area (Å²) in [5, 5.41) is 10.4. The van der Waals surface area contributed by atoms with Crippen LogP contribution in [0.15, 0.2) is 35.5 Å². The number of sulfonamides is 1. The third-order valence-electron chi connectivity index (χ3n) is 3.55. The monoisotopic (exact) mass is 340 g/mol. The van der Waals surface area contributed by atoms with Gasteiger partial charge in [0.1, 0.15) is 17.7 Å². The molecule has 0 spiro atoms. The summed E-state index contributed by atoms with van der Waals surface area (Å²) in [7, 11) is -2.39. The van der Waals surface area contributed by atoms with Crippen LogP contribution in [0, 0.1) is 6.92 Å². The fourth-order valence-corrected chi connectivity index (χ4v) is 4.18. The zero-order valence-corrected chi connectivity index (χ0v) is 13.4. The number of fused-ring (bicyclic) bond motifs is 1. The number of benzene rings is 1. The summed E-state index contributed by atoms with van der Waals surface area (Å²) < 4.78 is 31.3. The molecule has 1 aliphatic rings. The Hall–Kier alpha value is -1.67. The molecule has 2 aromatic rings. The second-order valence-corrected chi connectivity index (χ2v) is 7.31. The van der Waals surface area contributed by atoms with Gasteiger partial charge >= 0.3 is 0 Å². The first-order valence-electron chi connectivity index (χ1n) is 6.40. The van der Waals surface area contributed by atoms with Crippen LogP contribution in [0.25, 0.3) is 0 Å². The zero-order chi connectivity index (χ0) is 16.1. The number of hydrogen-bond acceptors (Lipinski definition) is 5. The van der Waals surface area contributed by atoms with Crippen molar-refractivity contribution in [2.24, 2.45) is 0 Å². The van der Waals surface area contributed by atoms with Gasteiger partial charge in [-0.15, -0.1) is 0 Å². The van der Waals surface area contributed by atoms with Crippen molar-refractivity contribution >= 4 is 21.6 Å². The first kappa shape index (κ1) is 15.2. The number of pyridine rings is 1. The SMILES string of the molecule is Cc1c(Oc2cncc(Cl)c2)ccc2c1S(=O)(=O)N(C)C2O. The Bertz CT molecular complexity index is 854. The van der Waals surface area contributed by atoms with Gasteiger partial charge in [-0.05, 0) is 19.1 Å². The van der Waals surface area contributed by atoms with Gasteiger partial charge in [-0.1, -0.05) is 11.6 Å². The molecule has 0 fully saturated rings. The van der Waals surface area contributed by atoms with E-state index in [2.05, 4.69) is 4.98 Å². The molecular weight excluding hydrogens is 328 g/mol. The van der Waals surface area contributed by atoms with E-state index in [9.17, 15) is 13.5 Å². The number of rotatable bonds is 2. The zero-order valence-electron chi connectivity index (χ0n) is 11.8. The molecule has 116 valence electrons. The van der Waals surface area contributed by atoms with Crippen LogP contribution < -0.4 is 4.74 Å². The Morgan fingerprint density at radius 2 is 2.09 bits per heavy atom. The van der Waals surface area contributed by atoms with Gasteiger partial charge in [0.05, 0.1) is 16.1 Å². The smallest absolute Gasteiger partial charge is 0.246 e. The van der Waals surface area contributed by atoms with E-state index >= 15 is 0 Å². The number of aliphatic hydroxyl groups is 1. The fraction of sp³-hybridized carbons (Fsp3) is 0.214. The van der Waals surface area contributed by atoms with Crippen LogP contribution in [0.2, 0.25) is 5.02 Å². The van der Waals surface area contributed by atoms with E-state index in [1.165, 1.54) is 19.4 Å². The van der Waals surface area contributed by atoms with Crippen molar-refractivity contribution in [3.8, 4) is 11.5 Å². The summed E-state index contributed by atoms with van der Waals surface area (Å²) >= 11 is 5.85. The summed E-state index contributed by atoms with van der Waals surface area (Å²) in [6.07, 6.45) is 1.77. The minimum absolute atomic E-state index is 0.0787. The number of aromatic nitrogens is 1. The highest BCUT2D eigenvalue weighted by Gasteiger charge is 2.41. The van der Waals surface area contributed by atoms with Crippen LogP contribution in [-0.2, 0) is 10.0 Å². The molecule has 1 aromatic carbocycles. The number of hydrogen-bond donors (Lipinski definition) is 1. The molecule has 1 atom stereocenters. The van der Waals surface area contributed by atoms with Gasteiger partial charge in [0.15, 0.2) is 0 Å². The Balaban J connectivity index is 2.09. The molecule has 6 nitrogen and oxygen atoms in total. The van der Waals surface area contributed by atoms with E-state index in [1.807, 2.05) is 0 Å². The number of ether oxygens (including phenoxy) is 1. The molecule has 0 amide bonds. The molecule has 2 heterocycles. The van der Waals surface area contributed by atoms with Crippen molar-refractivity contribution in [3.63, 3.8) is 0 Å². The molecular formula is C14H13ClN2O4S. The topological polar surface area (TPSA) is 79.7 Å². The first-order valence-corrected chi connectivity index (χ1v) is 8.22. The van der Waals surface area contributed by atoms with Crippen molar-refractivity contribution in [2.45, 2.75) is 18.0 Å². The van der Waals surface area contributed by atoms with Gasteiger partial charge in [0.25, 0.3) is 0 Å². The van der Waals surface area contributed by atoms with E-state index in [-0.39, 0.29) is 4.90 Å². The molecule has 1 unspecified atom stereocenters. The minimum atomic E-state index is -3.73. The maximum absolute atomic E-state index is 12.4. The molecule has 22 heavy (non-hydrogen) atoms. The predicted octanol–water partition coefficient (Wildman–Crippen LogP) is 2.46. The quantitative estimate of drug-likeness (QED) is 0.908. The van der Waals surface area contributed by atoms with Crippen LogP contribution >= 0.6 is 11.6 Å². The molecule has 8 heteroatoms. The molecule has 3 rings (SSSR count). The van der Waals surface area contributed by atoms with Gasteiger partial charge in [-0.3, -0.25) is 4.98 Å². The summed E-state index contributed by atoms with van der Waals surface area (Å²) in [6.45, 7) is 1.63. The van der Waals surface area contributed by atoms with Crippen molar-refractivity contribution in [2.75, 3.05) is 7.05 Å². The predicted molar refractivity (Wildman–Crippen MR) is 80.4 cm³/mol. The average Bonchev–Trinajstić information content (AvgIpc) is 2.63. The standard InChI is InChI=1S/C14H13ClN2O4S/c1-8-12(21-10-5-9(15)6-16-7-10)4-3-11-13(8)22(19,20)17(2)14(11)18/h3-7,14,18H,1-2H3. The van der Waals surface area contributed by atoms with E-state index in [0.717, 1.165) is 4.31 Å². The molecule has 1 aliphatic heterocycles. The van der Waals surface area contributed by atoms with E-state index < -0.39 is 16.3 Å². The number of aliphatic hydroxyl groups excluding tert-OH is 1. The van der Waals surface area contributed by atoms with Gasteiger partial charge in [0, 0.05) is 30.4 Å².